The number of nitro benzene ring substituents is 1. The second kappa shape index (κ2) is 9.33. The minimum atomic E-state index is -3.80. The van der Waals surface area contributed by atoms with Crippen LogP contribution in [0.3, 0.4) is 0 Å². The summed E-state index contributed by atoms with van der Waals surface area (Å²) < 4.78 is 27.3. The van der Waals surface area contributed by atoms with E-state index in [2.05, 4.69) is 10.6 Å². The molecule has 0 aliphatic carbocycles. The van der Waals surface area contributed by atoms with Crippen LogP contribution in [-0.4, -0.2) is 49.7 Å². The predicted octanol–water partition coefficient (Wildman–Crippen LogP) is 2.34. The van der Waals surface area contributed by atoms with Crippen molar-refractivity contribution in [1.29, 1.82) is 0 Å². The van der Waals surface area contributed by atoms with E-state index in [0.29, 0.717) is 13.1 Å². The lowest BCUT2D eigenvalue weighted by Gasteiger charge is -2.23. The molecule has 0 aromatic heterocycles. The SMILES string of the molecule is CNC(=O)[C@@H](Nc1ccc(S(=O)(=O)N2CCCCCC2)cc1[N+](=O)[O-])C(C)C. The number of sulfonamides is 1. The molecule has 1 aliphatic rings. The zero-order valence-electron chi connectivity index (χ0n) is 16.5. The Morgan fingerprint density at radius 1 is 1.18 bits per heavy atom. The summed E-state index contributed by atoms with van der Waals surface area (Å²) in [5.41, 5.74) is -0.257. The molecule has 1 saturated heterocycles. The van der Waals surface area contributed by atoms with Gasteiger partial charge in [-0.3, -0.25) is 14.9 Å². The van der Waals surface area contributed by atoms with Crippen molar-refractivity contribution >= 4 is 27.3 Å². The van der Waals surface area contributed by atoms with E-state index in [-0.39, 0.29) is 28.1 Å². The third kappa shape index (κ3) is 4.99. The first kappa shape index (κ1) is 22.1. The van der Waals surface area contributed by atoms with Crippen LogP contribution in [0.4, 0.5) is 11.4 Å². The number of hydrogen-bond acceptors (Lipinski definition) is 6. The number of nitrogens with one attached hydrogen (secondary N) is 2. The molecule has 28 heavy (non-hydrogen) atoms. The standard InChI is InChI=1S/C18H28N4O5S/c1-13(2)17(18(23)19-3)20-15-9-8-14(12-16(15)22(24)25)28(26,27)21-10-6-4-5-7-11-21/h8-9,12-13,17,20H,4-7,10-11H2,1-3H3,(H,19,23)/t17-/m0/s1. The van der Waals surface area contributed by atoms with E-state index in [4.69, 9.17) is 0 Å². The second-order valence-electron chi connectivity index (χ2n) is 7.23. The minimum absolute atomic E-state index is 0.104. The smallest absolute Gasteiger partial charge is 0.293 e. The first-order chi connectivity index (χ1) is 13.2. The summed E-state index contributed by atoms with van der Waals surface area (Å²) in [7, 11) is -2.31. The Morgan fingerprint density at radius 2 is 1.79 bits per heavy atom. The average Bonchev–Trinajstić information content (AvgIpc) is 2.95. The number of nitro groups is 1. The lowest BCUT2D eigenvalue weighted by molar-refractivity contribution is -0.384. The molecule has 0 spiro atoms. The highest BCUT2D eigenvalue weighted by Gasteiger charge is 2.29. The zero-order valence-corrected chi connectivity index (χ0v) is 17.3. The van der Waals surface area contributed by atoms with Crippen molar-refractivity contribution in [3.63, 3.8) is 0 Å². The third-order valence-corrected chi connectivity index (χ3v) is 6.77. The molecule has 0 unspecified atom stereocenters. The number of carbonyl (C=O) groups excluding carboxylic acids is 1. The van der Waals surface area contributed by atoms with Gasteiger partial charge in [0.1, 0.15) is 11.7 Å². The number of likely N-dealkylation sites (N-methyl/N-ethyl adjacent to an activating group) is 1. The predicted molar refractivity (Wildman–Crippen MR) is 107 cm³/mol. The molecular formula is C18H28N4O5S. The first-order valence-corrected chi connectivity index (χ1v) is 10.9. The van der Waals surface area contributed by atoms with Crippen molar-refractivity contribution in [2.75, 3.05) is 25.5 Å². The molecule has 0 bridgehead atoms. The quantitative estimate of drug-likeness (QED) is 0.524. The van der Waals surface area contributed by atoms with Crippen LogP contribution in [0.5, 0.6) is 0 Å². The third-order valence-electron chi connectivity index (χ3n) is 4.88. The molecule has 1 aromatic carbocycles. The van der Waals surface area contributed by atoms with E-state index < -0.39 is 21.0 Å². The Bertz CT molecular complexity index is 817. The number of anilines is 1. The van der Waals surface area contributed by atoms with Gasteiger partial charge in [0.05, 0.1) is 9.82 Å². The van der Waals surface area contributed by atoms with E-state index in [1.807, 2.05) is 13.8 Å². The van der Waals surface area contributed by atoms with Crippen molar-refractivity contribution in [1.82, 2.24) is 9.62 Å². The van der Waals surface area contributed by atoms with Gasteiger partial charge >= 0.3 is 0 Å². The van der Waals surface area contributed by atoms with Gasteiger partial charge in [-0.05, 0) is 30.9 Å². The lowest BCUT2D eigenvalue weighted by Crippen LogP contribution is -2.41. The van der Waals surface area contributed by atoms with Crippen molar-refractivity contribution in [2.24, 2.45) is 5.92 Å². The van der Waals surface area contributed by atoms with Crippen LogP contribution in [-0.2, 0) is 14.8 Å². The number of hydrogen-bond donors (Lipinski definition) is 2. The Balaban J connectivity index is 2.39. The molecule has 1 fully saturated rings. The number of carbonyl (C=O) groups is 1. The average molecular weight is 413 g/mol. The van der Waals surface area contributed by atoms with Crippen LogP contribution >= 0.6 is 0 Å². The van der Waals surface area contributed by atoms with E-state index in [0.717, 1.165) is 31.7 Å². The summed E-state index contributed by atoms with van der Waals surface area (Å²) in [6, 6.07) is 3.11. The van der Waals surface area contributed by atoms with Crippen molar-refractivity contribution < 1.29 is 18.1 Å². The highest BCUT2D eigenvalue weighted by molar-refractivity contribution is 7.89. The molecule has 1 atom stereocenters. The van der Waals surface area contributed by atoms with Crippen LogP contribution < -0.4 is 10.6 Å². The number of amides is 1. The van der Waals surface area contributed by atoms with Crippen LogP contribution in [0.2, 0.25) is 0 Å². The number of benzene rings is 1. The number of nitrogens with zero attached hydrogens (tertiary/aromatic N) is 2. The maximum atomic E-state index is 12.9. The fourth-order valence-corrected chi connectivity index (χ4v) is 4.77. The topological polar surface area (TPSA) is 122 Å². The normalized spacial score (nSPS) is 17.0. The van der Waals surface area contributed by atoms with Gasteiger partial charge in [-0.15, -0.1) is 0 Å². The van der Waals surface area contributed by atoms with Crippen molar-refractivity contribution in [3.8, 4) is 0 Å². The fraction of sp³-hybridized carbons (Fsp3) is 0.611. The molecule has 1 aromatic rings. The van der Waals surface area contributed by atoms with E-state index in [1.54, 1.807) is 0 Å². The van der Waals surface area contributed by atoms with Crippen molar-refractivity contribution in [2.45, 2.75) is 50.5 Å². The summed E-state index contributed by atoms with van der Waals surface area (Å²) in [6.07, 6.45) is 3.52. The van der Waals surface area contributed by atoms with Gasteiger partial charge in [0.15, 0.2) is 0 Å². The van der Waals surface area contributed by atoms with Crippen LogP contribution in [0.25, 0.3) is 0 Å². The van der Waals surface area contributed by atoms with Gasteiger partial charge in [-0.2, -0.15) is 4.31 Å². The van der Waals surface area contributed by atoms with E-state index in [1.165, 1.54) is 23.5 Å². The summed E-state index contributed by atoms with van der Waals surface area (Å²) in [5.74, 6) is -0.425. The second-order valence-corrected chi connectivity index (χ2v) is 9.17. The van der Waals surface area contributed by atoms with E-state index >= 15 is 0 Å². The highest BCUT2D eigenvalue weighted by atomic mass is 32.2. The zero-order chi connectivity index (χ0) is 20.9. The molecule has 1 amide bonds. The summed E-state index contributed by atoms with van der Waals surface area (Å²) in [5, 5.41) is 17.0. The molecular weight excluding hydrogens is 384 g/mol. The van der Waals surface area contributed by atoms with Gasteiger partial charge in [0, 0.05) is 26.2 Å². The molecule has 1 heterocycles. The summed E-state index contributed by atoms with van der Waals surface area (Å²) in [4.78, 5) is 22.9. The monoisotopic (exact) mass is 412 g/mol. The molecule has 10 heteroatoms. The summed E-state index contributed by atoms with van der Waals surface area (Å²) in [6.45, 7) is 4.47. The summed E-state index contributed by atoms with van der Waals surface area (Å²) >= 11 is 0. The minimum Gasteiger partial charge on any atom is -0.368 e. The fourth-order valence-electron chi connectivity index (χ4n) is 3.23. The molecule has 156 valence electrons. The lowest BCUT2D eigenvalue weighted by atomic mass is 10.0. The van der Waals surface area contributed by atoms with Crippen LogP contribution in [0.1, 0.15) is 39.5 Å². The molecule has 1 aliphatic heterocycles. The van der Waals surface area contributed by atoms with E-state index in [9.17, 15) is 23.3 Å². The van der Waals surface area contributed by atoms with Crippen molar-refractivity contribution in [3.05, 3.63) is 28.3 Å². The Kier molecular flexibility index (Phi) is 7.36. The Morgan fingerprint density at radius 3 is 2.29 bits per heavy atom. The van der Waals surface area contributed by atoms with Gasteiger partial charge < -0.3 is 10.6 Å². The van der Waals surface area contributed by atoms with Gasteiger partial charge in [-0.25, -0.2) is 8.42 Å². The Hall–Kier alpha value is -2.20. The van der Waals surface area contributed by atoms with Gasteiger partial charge in [-0.1, -0.05) is 26.7 Å². The molecule has 0 radical (unpaired) electrons. The van der Waals surface area contributed by atoms with Crippen LogP contribution in [0, 0.1) is 16.0 Å². The Labute approximate surface area is 165 Å². The largest absolute Gasteiger partial charge is 0.368 e. The molecule has 2 rings (SSSR count). The maximum Gasteiger partial charge on any atom is 0.293 e. The first-order valence-electron chi connectivity index (χ1n) is 9.45. The maximum absolute atomic E-state index is 12.9. The molecule has 9 nitrogen and oxygen atoms in total. The van der Waals surface area contributed by atoms with Crippen LogP contribution in [0.15, 0.2) is 23.1 Å². The van der Waals surface area contributed by atoms with Gasteiger partial charge in [0.25, 0.3) is 5.69 Å². The number of rotatable bonds is 7. The molecule has 2 N–H and O–H groups in total. The highest BCUT2D eigenvalue weighted by Crippen LogP contribution is 2.31. The molecule has 0 saturated carbocycles. The van der Waals surface area contributed by atoms with Gasteiger partial charge in [0.2, 0.25) is 15.9 Å².